The largest absolute Gasteiger partial charge is 0.353 e. The normalized spacial score (nSPS) is 19.1. The van der Waals surface area contributed by atoms with E-state index in [2.05, 4.69) is 46.0 Å². The zero-order valence-electron chi connectivity index (χ0n) is 23.3. The minimum absolute atomic E-state index is 0.0596. The Morgan fingerprint density at radius 2 is 1.77 bits per heavy atom. The monoisotopic (exact) mass is 570 g/mol. The molecule has 2 aliphatic heterocycles. The highest BCUT2D eigenvalue weighted by Crippen LogP contribution is 2.26. The minimum atomic E-state index is -0.406. The topological polar surface area (TPSA) is 72.9 Å². The quantitative estimate of drug-likeness (QED) is 0.281. The van der Waals surface area contributed by atoms with Gasteiger partial charge in [0, 0.05) is 69.9 Å². The number of piperazine rings is 2. The number of anilines is 1. The van der Waals surface area contributed by atoms with E-state index in [-0.39, 0.29) is 23.6 Å². The number of carbonyl (C=O) groups excluding carboxylic acids is 2. The standard InChI is InChI=1S/C29H39ClN6O2S/c1-22-20-35(17-18-36(22)27(38)29(2,3)4)25-19-24(30)31-28(32-25)39-21-26(37)34-15-13-33(14-16-34)12-8-11-23-9-6-5-7-10-23/h5-11,19,22H,12-18,20-21H2,1-4H3. The second-order valence-corrected chi connectivity index (χ2v) is 12.5. The summed E-state index contributed by atoms with van der Waals surface area (Å²) in [5.41, 5.74) is 0.791. The van der Waals surface area contributed by atoms with Crippen molar-refractivity contribution in [2.75, 3.05) is 63.0 Å². The third kappa shape index (κ3) is 8.19. The molecule has 2 aromatic rings. The van der Waals surface area contributed by atoms with Gasteiger partial charge in [-0.2, -0.15) is 0 Å². The Morgan fingerprint density at radius 3 is 2.44 bits per heavy atom. The van der Waals surface area contributed by atoms with E-state index >= 15 is 0 Å². The molecule has 3 heterocycles. The molecule has 2 amide bonds. The Kier molecular flexibility index (Phi) is 9.91. The average Bonchev–Trinajstić information content (AvgIpc) is 2.91. The number of amides is 2. The SMILES string of the molecule is CC1CN(c2cc(Cl)nc(SCC(=O)N3CCN(CC=Cc4ccccc4)CC3)n2)CCN1C(=O)C(C)(C)C. The number of hydrogen-bond acceptors (Lipinski definition) is 7. The summed E-state index contributed by atoms with van der Waals surface area (Å²) in [5, 5.41) is 0.851. The van der Waals surface area contributed by atoms with E-state index in [0.29, 0.717) is 29.9 Å². The highest BCUT2D eigenvalue weighted by molar-refractivity contribution is 7.99. The van der Waals surface area contributed by atoms with Crippen molar-refractivity contribution in [2.24, 2.45) is 5.41 Å². The molecule has 0 saturated carbocycles. The van der Waals surface area contributed by atoms with Crippen LogP contribution in [0.2, 0.25) is 5.15 Å². The fourth-order valence-corrected chi connectivity index (χ4v) is 5.79. The number of benzene rings is 1. The maximum atomic E-state index is 12.9. The van der Waals surface area contributed by atoms with Crippen molar-refractivity contribution in [1.29, 1.82) is 0 Å². The molecule has 210 valence electrons. The lowest BCUT2D eigenvalue weighted by Crippen LogP contribution is -2.56. The first-order chi connectivity index (χ1) is 18.6. The molecule has 1 unspecified atom stereocenters. The lowest BCUT2D eigenvalue weighted by molar-refractivity contribution is -0.142. The van der Waals surface area contributed by atoms with Crippen LogP contribution in [0.15, 0.2) is 47.6 Å². The molecule has 0 N–H and O–H groups in total. The molecule has 4 rings (SSSR count). The van der Waals surface area contributed by atoms with Gasteiger partial charge < -0.3 is 14.7 Å². The van der Waals surface area contributed by atoms with Crippen molar-refractivity contribution in [3.8, 4) is 0 Å². The van der Waals surface area contributed by atoms with Crippen LogP contribution in [0, 0.1) is 5.41 Å². The Morgan fingerprint density at radius 1 is 1.05 bits per heavy atom. The lowest BCUT2D eigenvalue weighted by Gasteiger charge is -2.42. The van der Waals surface area contributed by atoms with Crippen LogP contribution < -0.4 is 4.90 Å². The zero-order valence-corrected chi connectivity index (χ0v) is 24.9. The summed E-state index contributed by atoms with van der Waals surface area (Å²) in [6.07, 6.45) is 4.32. The maximum absolute atomic E-state index is 12.9. The molecule has 0 radical (unpaired) electrons. The van der Waals surface area contributed by atoms with Gasteiger partial charge in [-0.3, -0.25) is 14.5 Å². The van der Waals surface area contributed by atoms with Gasteiger partial charge in [0.05, 0.1) is 5.75 Å². The van der Waals surface area contributed by atoms with Crippen molar-refractivity contribution in [2.45, 2.75) is 38.9 Å². The number of nitrogens with zero attached hydrogens (tertiary/aromatic N) is 6. The highest BCUT2D eigenvalue weighted by Gasteiger charge is 2.34. The second-order valence-electron chi connectivity index (χ2n) is 11.2. The van der Waals surface area contributed by atoms with Gasteiger partial charge in [0.25, 0.3) is 0 Å². The van der Waals surface area contributed by atoms with Crippen LogP contribution in [0.5, 0.6) is 0 Å². The summed E-state index contributed by atoms with van der Waals surface area (Å²) in [6.45, 7) is 13.9. The third-order valence-corrected chi connectivity index (χ3v) is 8.06. The second kappa shape index (κ2) is 13.2. The van der Waals surface area contributed by atoms with E-state index in [9.17, 15) is 9.59 Å². The molecule has 39 heavy (non-hydrogen) atoms. The first-order valence-corrected chi connectivity index (χ1v) is 14.9. The first kappa shape index (κ1) is 29.4. The molecule has 1 atom stereocenters. The van der Waals surface area contributed by atoms with E-state index < -0.39 is 5.41 Å². The lowest BCUT2D eigenvalue weighted by atomic mass is 9.93. The van der Waals surface area contributed by atoms with Crippen molar-refractivity contribution >= 4 is 47.1 Å². The molecule has 1 aromatic carbocycles. The molecular weight excluding hydrogens is 532 g/mol. The van der Waals surface area contributed by atoms with Crippen LogP contribution in [0.3, 0.4) is 0 Å². The Hall–Kier alpha value is -2.62. The number of hydrogen-bond donors (Lipinski definition) is 0. The van der Waals surface area contributed by atoms with E-state index in [1.54, 1.807) is 6.07 Å². The number of aromatic nitrogens is 2. The van der Waals surface area contributed by atoms with Gasteiger partial charge in [-0.05, 0) is 12.5 Å². The smallest absolute Gasteiger partial charge is 0.233 e. The fourth-order valence-electron chi connectivity index (χ4n) is 4.81. The summed E-state index contributed by atoms with van der Waals surface area (Å²) in [7, 11) is 0. The van der Waals surface area contributed by atoms with Crippen LogP contribution in [0.1, 0.15) is 33.3 Å². The van der Waals surface area contributed by atoms with Gasteiger partial charge >= 0.3 is 0 Å². The third-order valence-electron chi connectivity index (χ3n) is 7.04. The molecule has 0 spiro atoms. The molecule has 8 nitrogen and oxygen atoms in total. The highest BCUT2D eigenvalue weighted by atomic mass is 35.5. The van der Waals surface area contributed by atoms with E-state index in [0.717, 1.165) is 38.5 Å². The molecule has 1 aromatic heterocycles. The Labute approximate surface area is 241 Å². The average molecular weight is 571 g/mol. The Balaban J connectivity index is 1.25. The number of halogens is 1. The summed E-state index contributed by atoms with van der Waals surface area (Å²) >= 11 is 7.67. The zero-order chi connectivity index (χ0) is 28.0. The van der Waals surface area contributed by atoms with Gasteiger partial charge in [0.1, 0.15) is 11.0 Å². The van der Waals surface area contributed by atoms with E-state index in [4.69, 9.17) is 16.6 Å². The minimum Gasteiger partial charge on any atom is -0.353 e. The van der Waals surface area contributed by atoms with Crippen molar-refractivity contribution < 1.29 is 9.59 Å². The van der Waals surface area contributed by atoms with E-state index in [1.807, 2.05) is 48.8 Å². The van der Waals surface area contributed by atoms with Crippen molar-refractivity contribution in [3.05, 3.63) is 53.2 Å². The van der Waals surface area contributed by atoms with Crippen LogP contribution in [0.4, 0.5) is 5.82 Å². The summed E-state index contributed by atoms with van der Waals surface area (Å²) < 4.78 is 0. The Bertz CT molecular complexity index is 1160. The number of thioether (sulfide) groups is 1. The predicted molar refractivity (Wildman–Crippen MR) is 159 cm³/mol. The molecule has 2 saturated heterocycles. The fraction of sp³-hybridized carbons (Fsp3) is 0.517. The van der Waals surface area contributed by atoms with Crippen molar-refractivity contribution in [3.63, 3.8) is 0 Å². The summed E-state index contributed by atoms with van der Waals surface area (Å²) in [5.74, 6) is 1.26. The number of carbonyl (C=O) groups is 2. The molecule has 0 aliphatic carbocycles. The van der Waals surface area contributed by atoms with Crippen LogP contribution >= 0.6 is 23.4 Å². The van der Waals surface area contributed by atoms with Crippen molar-refractivity contribution in [1.82, 2.24) is 24.7 Å². The van der Waals surface area contributed by atoms with Gasteiger partial charge in [-0.25, -0.2) is 9.97 Å². The molecule has 10 heteroatoms. The predicted octanol–water partition coefficient (Wildman–Crippen LogP) is 4.16. The van der Waals surface area contributed by atoms with Crippen LogP contribution in [-0.2, 0) is 9.59 Å². The summed E-state index contributed by atoms with van der Waals surface area (Å²) in [6, 6.07) is 12.1. The summed E-state index contributed by atoms with van der Waals surface area (Å²) in [4.78, 5) is 43.1. The van der Waals surface area contributed by atoms with Crippen LogP contribution in [0.25, 0.3) is 6.08 Å². The molecule has 2 aliphatic rings. The van der Waals surface area contributed by atoms with E-state index in [1.165, 1.54) is 17.3 Å². The maximum Gasteiger partial charge on any atom is 0.233 e. The van der Waals surface area contributed by atoms with Gasteiger partial charge in [-0.1, -0.05) is 86.6 Å². The molecule has 2 fully saturated rings. The number of rotatable bonds is 7. The first-order valence-electron chi connectivity index (χ1n) is 13.6. The van der Waals surface area contributed by atoms with Gasteiger partial charge in [0.2, 0.25) is 11.8 Å². The molecule has 0 bridgehead atoms. The molecular formula is C29H39ClN6O2S. The van der Waals surface area contributed by atoms with Gasteiger partial charge in [0.15, 0.2) is 5.16 Å². The van der Waals surface area contributed by atoms with Crippen LogP contribution in [-0.4, -0.2) is 101 Å². The van der Waals surface area contributed by atoms with Gasteiger partial charge in [-0.15, -0.1) is 0 Å².